The summed E-state index contributed by atoms with van der Waals surface area (Å²) in [6.07, 6.45) is 4.14. The van der Waals surface area contributed by atoms with Gasteiger partial charge in [0.15, 0.2) is 5.76 Å². The van der Waals surface area contributed by atoms with Gasteiger partial charge in [0.05, 0.1) is 13.2 Å². The molecule has 1 unspecified atom stereocenters. The van der Waals surface area contributed by atoms with E-state index in [0.29, 0.717) is 12.3 Å². The van der Waals surface area contributed by atoms with Gasteiger partial charge in [0.1, 0.15) is 28.6 Å². The maximum atomic E-state index is 12.8. The van der Waals surface area contributed by atoms with Gasteiger partial charge >= 0.3 is 0 Å². The van der Waals surface area contributed by atoms with Crippen LogP contribution in [0.4, 0.5) is 0 Å². The fourth-order valence-corrected chi connectivity index (χ4v) is 4.41. The number of nitrogens with zero attached hydrogens (tertiary/aromatic N) is 2. The molecule has 166 valence electrons. The summed E-state index contributed by atoms with van der Waals surface area (Å²) in [5, 5.41) is 30.4. The lowest BCUT2D eigenvalue weighted by Gasteiger charge is -2.15. The summed E-state index contributed by atoms with van der Waals surface area (Å²) < 4.78 is 13.2. The van der Waals surface area contributed by atoms with Gasteiger partial charge in [-0.25, -0.2) is 0 Å². The average Bonchev–Trinajstić information content (AvgIpc) is 3.42. The molecule has 0 radical (unpaired) electrons. The number of aliphatic hydroxyl groups is 1. The van der Waals surface area contributed by atoms with E-state index in [0.717, 1.165) is 48.6 Å². The van der Waals surface area contributed by atoms with Crippen LogP contribution in [-0.2, 0) is 6.54 Å². The van der Waals surface area contributed by atoms with Crippen molar-refractivity contribution in [3.05, 3.63) is 53.4 Å². The first kappa shape index (κ1) is 20.4. The maximum Gasteiger partial charge on any atom is 0.235 e. The SMILES string of the molecule is COc1ccc2c(c1)c(C=C1Oc3cc(O)cc(O)c3C1=O)cn2CCN1CCC(O)C1. The fourth-order valence-electron chi connectivity index (χ4n) is 4.41. The molecule has 8 heteroatoms. The second-order valence-electron chi connectivity index (χ2n) is 8.18. The molecule has 2 aliphatic rings. The maximum absolute atomic E-state index is 12.8. The predicted octanol–water partition coefficient (Wildman–Crippen LogP) is 2.74. The first-order valence-corrected chi connectivity index (χ1v) is 10.5. The molecule has 2 aliphatic heterocycles. The zero-order chi connectivity index (χ0) is 22.4. The van der Waals surface area contributed by atoms with Crippen molar-refractivity contribution in [3.8, 4) is 23.0 Å². The number of carbonyl (C=O) groups excluding carboxylic acids is 1. The average molecular weight is 436 g/mol. The quantitative estimate of drug-likeness (QED) is 0.528. The summed E-state index contributed by atoms with van der Waals surface area (Å²) in [5.74, 6) is -0.0264. The summed E-state index contributed by atoms with van der Waals surface area (Å²) >= 11 is 0. The molecule has 3 N–H and O–H groups in total. The standard InChI is InChI=1S/C24H24N2O6/c1-31-17-2-3-19-18(11-17)14(12-26(19)7-6-25-5-4-15(27)13-25)8-22-24(30)23-20(29)9-16(28)10-21(23)32-22/h2-3,8-12,15,27-29H,4-7,13H2,1H3. The molecule has 0 spiro atoms. The van der Waals surface area contributed by atoms with Crippen LogP contribution in [0.25, 0.3) is 17.0 Å². The number of ketones is 1. The van der Waals surface area contributed by atoms with Gasteiger partial charge in [-0.2, -0.15) is 0 Å². The van der Waals surface area contributed by atoms with E-state index in [1.54, 1.807) is 13.2 Å². The minimum absolute atomic E-state index is 0.0444. The van der Waals surface area contributed by atoms with Gasteiger partial charge in [0.2, 0.25) is 5.78 Å². The van der Waals surface area contributed by atoms with E-state index in [-0.39, 0.29) is 34.7 Å². The number of hydrogen-bond donors (Lipinski definition) is 3. The van der Waals surface area contributed by atoms with Crippen LogP contribution in [0.2, 0.25) is 0 Å². The van der Waals surface area contributed by atoms with Gasteiger partial charge in [0.25, 0.3) is 0 Å². The lowest BCUT2D eigenvalue weighted by Crippen LogP contribution is -2.26. The number of methoxy groups -OCH3 is 1. The van der Waals surface area contributed by atoms with Crippen LogP contribution in [0.5, 0.6) is 23.0 Å². The normalized spacial score (nSPS) is 19.6. The highest BCUT2D eigenvalue weighted by Crippen LogP contribution is 2.41. The fraction of sp³-hybridized carbons (Fsp3) is 0.292. The number of allylic oxidation sites excluding steroid dienone is 1. The highest BCUT2D eigenvalue weighted by Gasteiger charge is 2.31. The molecule has 0 bridgehead atoms. The molecule has 1 aromatic heterocycles. The third-order valence-electron chi connectivity index (χ3n) is 6.05. The summed E-state index contributed by atoms with van der Waals surface area (Å²) in [6.45, 7) is 3.09. The van der Waals surface area contributed by atoms with Gasteiger partial charge in [-0.1, -0.05) is 0 Å². The van der Waals surface area contributed by atoms with Crippen molar-refractivity contribution in [2.75, 3.05) is 26.7 Å². The number of carbonyl (C=O) groups is 1. The lowest BCUT2D eigenvalue weighted by atomic mass is 10.1. The van der Waals surface area contributed by atoms with Crippen LogP contribution in [0.3, 0.4) is 0 Å². The minimum atomic E-state index is -0.438. The van der Waals surface area contributed by atoms with Gasteiger partial charge < -0.3 is 29.4 Å². The van der Waals surface area contributed by atoms with Gasteiger partial charge in [-0.3, -0.25) is 9.69 Å². The minimum Gasteiger partial charge on any atom is -0.508 e. The number of phenolic OH excluding ortho intramolecular Hbond substituents is 2. The molecule has 2 aromatic carbocycles. The van der Waals surface area contributed by atoms with Crippen molar-refractivity contribution in [3.63, 3.8) is 0 Å². The molecule has 32 heavy (non-hydrogen) atoms. The Bertz CT molecular complexity index is 1250. The van der Waals surface area contributed by atoms with E-state index in [1.807, 2.05) is 24.4 Å². The molecular formula is C24H24N2O6. The second-order valence-corrected chi connectivity index (χ2v) is 8.18. The van der Waals surface area contributed by atoms with Crippen LogP contribution >= 0.6 is 0 Å². The van der Waals surface area contributed by atoms with Crippen LogP contribution in [0.15, 0.2) is 42.3 Å². The molecule has 3 heterocycles. The predicted molar refractivity (Wildman–Crippen MR) is 118 cm³/mol. The van der Waals surface area contributed by atoms with Crippen LogP contribution in [-0.4, -0.2) is 63.4 Å². The number of ether oxygens (including phenoxy) is 2. The Balaban J connectivity index is 1.50. The van der Waals surface area contributed by atoms with Crippen molar-refractivity contribution < 1.29 is 29.6 Å². The number of aromatic hydroxyl groups is 2. The number of likely N-dealkylation sites (tertiary alicyclic amines) is 1. The summed E-state index contributed by atoms with van der Waals surface area (Å²) in [4.78, 5) is 15.1. The largest absolute Gasteiger partial charge is 0.508 e. The molecule has 0 aliphatic carbocycles. The van der Waals surface area contributed by atoms with E-state index in [1.165, 1.54) is 6.07 Å². The molecule has 3 aromatic rings. The Hall–Kier alpha value is -3.49. The molecule has 0 saturated carbocycles. The third-order valence-corrected chi connectivity index (χ3v) is 6.05. The number of fused-ring (bicyclic) bond motifs is 2. The Kier molecular flexibility index (Phi) is 5.03. The first-order valence-electron chi connectivity index (χ1n) is 10.5. The number of benzene rings is 2. The number of aromatic nitrogens is 1. The van der Waals surface area contributed by atoms with Crippen molar-refractivity contribution >= 4 is 22.8 Å². The molecule has 8 nitrogen and oxygen atoms in total. The first-order chi connectivity index (χ1) is 15.4. The number of β-amino-alcohol motifs (C(OH)–C–C–N with tert-alkyl or cyclic N) is 1. The van der Waals surface area contributed by atoms with Crippen LogP contribution < -0.4 is 9.47 Å². The number of hydrogen-bond acceptors (Lipinski definition) is 7. The number of Topliss-reactive ketones (excluding diaryl/α,β-unsaturated/α-hetero) is 1. The van der Waals surface area contributed by atoms with Crippen LogP contribution in [0.1, 0.15) is 22.3 Å². The van der Waals surface area contributed by atoms with E-state index >= 15 is 0 Å². The molecule has 1 fully saturated rings. The zero-order valence-electron chi connectivity index (χ0n) is 17.6. The van der Waals surface area contributed by atoms with Crippen molar-refractivity contribution in [2.45, 2.75) is 19.1 Å². The Morgan fingerprint density at radius 2 is 2.06 bits per heavy atom. The number of aliphatic hydroxyl groups excluding tert-OH is 1. The highest BCUT2D eigenvalue weighted by atomic mass is 16.5. The van der Waals surface area contributed by atoms with Gasteiger partial charge in [-0.05, 0) is 30.7 Å². The molecule has 0 amide bonds. The van der Waals surface area contributed by atoms with Crippen molar-refractivity contribution in [1.82, 2.24) is 9.47 Å². The Morgan fingerprint density at radius 1 is 1.22 bits per heavy atom. The molecule has 1 saturated heterocycles. The molecule has 5 rings (SSSR count). The zero-order valence-corrected chi connectivity index (χ0v) is 17.6. The van der Waals surface area contributed by atoms with Crippen molar-refractivity contribution in [2.24, 2.45) is 0 Å². The topological polar surface area (TPSA) is 104 Å². The molecular weight excluding hydrogens is 412 g/mol. The monoisotopic (exact) mass is 436 g/mol. The summed E-state index contributed by atoms with van der Waals surface area (Å²) in [6, 6.07) is 8.21. The second kappa shape index (κ2) is 7.89. The van der Waals surface area contributed by atoms with E-state index in [4.69, 9.17) is 9.47 Å². The van der Waals surface area contributed by atoms with E-state index in [9.17, 15) is 20.1 Å². The Morgan fingerprint density at radius 3 is 2.81 bits per heavy atom. The number of phenols is 2. The number of rotatable bonds is 5. The lowest BCUT2D eigenvalue weighted by molar-refractivity contribution is 0.101. The summed E-state index contributed by atoms with van der Waals surface area (Å²) in [7, 11) is 1.60. The van der Waals surface area contributed by atoms with Gasteiger partial charge in [-0.15, -0.1) is 0 Å². The Labute approximate surface area is 184 Å². The van der Waals surface area contributed by atoms with Crippen LogP contribution in [0, 0.1) is 0 Å². The van der Waals surface area contributed by atoms with E-state index in [2.05, 4.69) is 9.47 Å². The third kappa shape index (κ3) is 3.57. The smallest absolute Gasteiger partial charge is 0.235 e. The van der Waals surface area contributed by atoms with Gasteiger partial charge in [0, 0.05) is 61.0 Å². The van der Waals surface area contributed by atoms with Crippen molar-refractivity contribution in [1.29, 1.82) is 0 Å². The highest BCUT2D eigenvalue weighted by molar-refractivity contribution is 6.16. The summed E-state index contributed by atoms with van der Waals surface area (Å²) in [5.41, 5.74) is 1.81. The van der Waals surface area contributed by atoms with E-state index < -0.39 is 5.78 Å². The molecule has 1 atom stereocenters.